The molecule has 2 aromatic heterocycles. The lowest BCUT2D eigenvalue weighted by Gasteiger charge is -2.03. The number of nitrogens with two attached hydrogens (primary N) is 1. The first-order valence-electron chi connectivity index (χ1n) is 4.48. The van der Waals surface area contributed by atoms with E-state index >= 15 is 0 Å². The first kappa shape index (κ1) is 9.28. The number of nitriles is 1. The Morgan fingerprint density at radius 2 is 2.20 bits per heavy atom. The highest BCUT2D eigenvalue weighted by Gasteiger charge is 2.19. The number of fused-ring (bicyclic) bond motifs is 1. The van der Waals surface area contributed by atoms with Gasteiger partial charge in [0.25, 0.3) is 0 Å². The average Bonchev–Trinajstić information content (AvgIpc) is 2.63. The van der Waals surface area contributed by atoms with Crippen molar-refractivity contribution in [1.82, 2.24) is 4.40 Å². The number of hydrogen-bond donors (Lipinski definition) is 1. The van der Waals surface area contributed by atoms with Gasteiger partial charge in [0.1, 0.15) is 0 Å². The topological polar surface area (TPSA) is 71.3 Å². The highest BCUT2D eigenvalue weighted by molar-refractivity contribution is 5.87. The van der Waals surface area contributed by atoms with E-state index in [4.69, 9.17) is 11.0 Å². The summed E-state index contributed by atoms with van der Waals surface area (Å²) in [5.74, 6) is -1.49. The van der Waals surface area contributed by atoms with Gasteiger partial charge >= 0.3 is 0 Å². The number of rotatable bonds is 2. The number of nitrogens with zero attached hydrogens (tertiary/aromatic N) is 2. The molecule has 2 N–H and O–H groups in total. The zero-order valence-corrected chi connectivity index (χ0v) is 7.92. The summed E-state index contributed by atoms with van der Waals surface area (Å²) in [5, 5.41) is 8.87. The van der Waals surface area contributed by atoms with Gasteiger partial charge in [0, 0.05) is 18.0 Å². The molecule has 0 fully saturated rings. The lowest BCUT2D eigenvalue weighted by atomic mass is 10.0. The van der Waals surface area contributed by atoms with Crippen molar-refractivity contribution in [3.63, 3.8) is 0 Å². The van der Waals surface area contributed by atoms with Crippen molar-refractivity contribution < 1.29 is 4.79 Å². The Morgan fingerprint density at radius 1 is 1.40 bits per heavy atom. The van der Waals surface area contributed by atoms with Gasteiger partial charge in [-0.25, -0.2) is 0 Å². The van der Waals surface area contributed by atoms with Crippen molar-refractivity contribution in [2.24, 2.45) is 5.73 Å². The quantitative estimate of drug-likeness (QED) is 0.784. The molecule has 15 heavy (non-hydrogen) atoms. The second kappa shape index (κ2) is 3.46. The molecule has 0 saturated carbocycles. The monoisotopic (exact) mass is 199 g/mol. The number of carbonyl (C=O) groups is 1. The maximum Gasteiger partial charge on any atom is 0.239 e. The van der Waals surface area contributed by atoms with Crippen LogP contribution in [-0.2, 0) is 4.79 Å². The number of hydrogen-bond acceptors (Lipinski definition) is 2. The van der Waals surface area contributed by atoms with Crippen molar-refractivity contribution in [2.75, 3.05) is 0 Å². The number of amides is 1. The van der Waals surface area contributed by atoms with Gasteiger partial charge in [0.15, 0.2) is 5.92 Å². The summed E-state index contributed by atoms with van der Waals surface area (Å²) in [5.41, 5.74) is 6.65. The van der Waals surface area contributed by atoms with E-state index in [-0.39, 0.29) is 0 Å². The average molecular weight is 199 g/mol. The van der Waals surface area contributed by atoms with Gasteiger partial charge in [-0.3, -0.25) is 4.79 Å². The molecule has 2 aromatic rings. The summed E-state index contributed by atoms with van der Waals surface area (Å²) >= 11 is 0. The van der Waals surface area contributed by atoms with Gasteiger partial charge in [-0.2, -0.15) is 5.26 Å². The molecule has 2 heterocycles. The molecule has 2 rings (SSSR count). The Kier molecular flexibility index (Phi) is 2.14. The third-order valence-electron chi connectivity index (χ3n) is 2.33. The molecule has 0 saturated heterocycles. The predicted octanol–water partition coefficient (Wildman–Crippen LogP) is 1.03. The second-order valence-corrected chi connectivity index (χ2v) is 3.23. The molecule has 1 atom stereocenters. The maximum absolute atomic E-state index is 11.1. The van der Waals surface area contributed by atoms with Crippen molar-refractivity contribution in [1.29, 1.82) is 5.26 Å². The molecule has 0 aliphatic carbocycles. The molecule has 0 bridgehead atoms. The zero-order chi connectivity index (χ0) is 10.8. The van der Waals surface area contributed by atoms with E-state index in [1.807, 2.05) is 34.9 Å². The predicted molar refractivity (Wildman–Crippen MR) is 54.9 cm³/mol. The molecule has 0 spiro atoms. The van der Waals surface area contributed by atoms with E-state index in [2.05, 4.69) is 0 Å². The SMILES string of the molecule is N#CC(C(N)=O)c1ccn2ccccc12. The van der Waals surface area contributed by atoms with Crippen LogP contribution in [0.5, 0.6) is 0 Å². The molecule has 0 aromatic carbocycles. The number of carbonyl (C=O) groups excluding carboxylic acids is 1. The molecule has 0 aliphatic heterocycles. The fourth-order valence-electron chi connectivity index (χ4n) is 1.61. The van der Waals surface area contributed by atoms with Gasteiger partial charge in [-0.1, -0.05) is 6.07 Å². The third kappa shape index (κ3) is 1.44. The Morgan fingerprint density at radius 3 is 2.87 bits per heavy atom. The number of primary amides is 1. The zero-order valence-electron chi connectivity index (χ0n) is 7.92. The number of pyridine rings is 1. The van der Waals surface area contributed by atoms with Gasteiger partial charge in [-0.05, 0) is 18.2 Å². The van der Waals surface area contributed by atoms with Crippen molar-refractivity contribution >= 4 is 11.4 Å². The van der Waals surface area contributed by atoms with Crippen LogP contribution in [0.3, 0.4) is 0 Å². The molecule has 0 radical (unpaired) electrons. The van der Waals surface area contributed by atoms with Crippen LogP contribution < -0.4 is 5.73 Å². The lowest BCUT2D eigenvalue weighted by molar-refractivity contribution is -0.118. The Labute approximate surface area is 86.5 Å². The molecule has 4 nitrogen and oxygen atoms in total. The van der Waals surface area contributed by atoms with Crippen LogP contribution in [0.2, 0.25) is 0 Å². The standard InChI is InChI=1S/C11H9N3O/c12-7-9(11(13)15)8-4-6-14-5-2-1-3-10(8)14/h1-6,9H,(H2,13,15). The van der Waals surface area contributed by atoms with Crippen LogP contribution in [0, 0.1) is 11.3 Å². The minimum absolute atomic E-state index is 0.616. The summed E-state index contributed by atoms with van der Waals surface area (Å²) in [6, 6.07) is 9.23. The van der Waals surface area contributed by atoms with E-state index in [0.717, 1.165) is 5.52 Å². The summed E-state index contributed by atoms with van der Waals surface area (Å²) < 4.78 is 1.85. The van der Waals surface area contributed by atoms with Crippen molar-refractivity contribution in [3.8, 4) is 6.07 Å². The van der Waals surface area contributed by atoms with Crippen molar-refractivity contribution in [2.45, 2.75) is 5.92 Å². The highest BCUT2D eigenvalue weighted by atomic mass is 16.1. The smallest absolute Gasteiger partial charge is 0.239 e. The minimum atomic E-state index is -0.877. The van der Waals surface area contributed by atoms with Crippen LogP contribution in [0.15, 0.2) is 36.7 Å². The first-order valence-corrected chi connectivity index (χ1v) is 4.48. The van der Waals surface area contributed by atoms with E-state index < -0.39 is 11.8 Å². The molecular weight excluding hydrogens is 190 g/mol. The van der Waals surface area contributed by atoms with Crippen LogP contribution in [0.1, 0.15) is 11.5 Å². The van der Waals surface area contributed by atoms with Crippen LogP contribution in [0.25, 0.3) is 5.52 Å². The molecule has 74 valence electrons. The maximum atomic E-state index is 11.1. The summed E-state index contributed by atoms with van der Waals surface area (Å²) in [4.78, 5) is 11.1. The molecule has 1 amide bonds. The van der Waals surface area contributed by atoms with E-state index in [0.29, 0.717) is 5.56 Å². The lowest BCUT2D eigenvalue weighted by Crippen LogP contribution is -2.19. The highest BCUT2D eigenvalue weighted by Crippen LogP contribution is 2.21. The van der Waals surface area contributed by atoms with Gasteiger partial charge in [0.2, 0.25) is 5.91 Å². The van der Waals surface area contributed by atoms with Crippen molar-refractivity contribution in [3.05, 3.63) is 42.2 Å². The van der Waals surface area contributed by atoms with E-state index in [1.54, 1.807) is 12.3 Å². The summed E-state index contributed by atoms with van der Waals surface area (Å²) in [7, 11) is 0. The summed E-state index contributed by atoms with van der Waals surface area (Å²) in [6.07, 6.45) is 3.66. The molecule has 4 heteroatoms. The Bertz CT molecular complexity index is 550. The third-order valence-corrected chi connectivity index (χ3v) is 2.33. The van der Waals surface area contributed by atoms with E-state index in [1.165, 1.54) is 0 Å². The van der Waals surface area contributed by atoms with Crippen LogP contribution >= 0.6 is 0 Å². The minimum Gasteiger partial charge on any atom is -0.368 e. The molecule has 0 aliphatic rings. The summed E-state index contributed by atoms with van der Waals surface area (Å²) in [6.45, 7) is 0. The largest absolute Gasteiger partial charge is 0.368 e. The van der Waals surface area contributed by atoms with Crippen LogP contribution in [0.4, 0.5) is 0 Å². The molecular formula is C11H9N3O. The fraction of sp³-hybridized carbons (Fsp3) is 0.0909. The normalized spacial score (nSPS) is 12.2. The first-order chi connectivity index (χ1) is 7.24. The van der Waals surface area contributed by atoms with Crippen LogP contribution in [-0.4, -0.2) is 10.3 Å². The van der Waals surface area contributed by atoms with Gasteiger partial charge in [-0.15, -0.1) is 0 Å². The number of aromatic nitrogens is 1. The Balaban J connectivity index is 2.62. The second-order valence-electron chi connectivity index (χ2n) is 3.23. The van der Waals surface area contributed by atoms with Gasteiger partial charge in [0.05, 0.1) is 11.6 Å². The van der Waals surface area contributed by atoms with E-state index in [9.17, 15) is 4.79 Å². The molecule has 1 unspecified atom stereocenters. The fourth-order valence-corrected chi connectivity index (χ4v) is 1.61. The van der Waals surface area contributed by atoms with Gasteiger partial charge < -0.3 is 10.1 Å². The Hall–Kier alpha value is -2.28.